The van der Waals surface area contributed by atoms with Crippen molar-refractivity contribution in [2.75, 3.05) is 0 Å². The first-order valence-electron chi connectivity index (χ1n) is 2.22. The first-order chi connectivity index (χ1) is 4.04. The van der Waals surface area contributed by atoms with E-state index in [4.69, 9.17) is 0 Å². The molecule has 3 nitrogen and oxygen atoms in total. The van der Waals surface area contributed by atoms with Crippen LogP contribution in [-0.2, 0) is 17.4 Å². The van der Waals surface area contributed by atoms with E-state index in [2.05, 4.69) is 30.2 Å². The van der Waals surface area contributed by atoms with Gasteiger partial charge in [0.05, 0.1) is 12.0 Å². The molecule has 1 atom stereocenters. The fourth-order valence-corrected chi connectivity index (χ4v) is 0.589. The van der Waals surface area contributed by atoms with Gasteiger partial charge in [0.1, 0.15) is 0 Å². The molecule has 0 heterocycles. The van der Waals surface area contributed by atoms with E-state index >= 15 is 0 Å². The van der Waals surface area contributed by atoms with Crippen molar-refractivity contribution in [3.8, 4) is 0 Å². The number of nitrogens with one attached hydrogen (secondary N) is 1. The normalized spacial score (nSPS) is 10.9. The Labute approximate surface area is 110 Å². The van der Waals surface area contributed by atoms with Crippen molar-refractivity contribution in [3.63, 3.8) is 0 Å². The van der Waals surface area contributed by atoms with Crippen LogP contribution >= 0.6 is 12.2 Å². The van der Waals surface area contributed by atoms with Gasteiger partial charge in [0, 0.05) is 0 Å². The Morgan fingerprint density at radius 1 is 1.80 bits per heavy atom. The van der Waals surface area contributed by atoms with Crippen LogP contribution in [0.15, 0.2) is 0 Å². The molecule has 0 aromatic carbocycles. The molecule has 0 rings (SSSR count). The van der Waals surface area contributed by atoms with E-state index in [0.29, 0.717) is 0 Å². The van der Waals surface area contributed by atoms with Gasteiger partial charge in [-0.25, -0.2) is 0 Å². The molecule has 52 valence electrons. The van der Waals surface area contributed by atoms with E-state index in [1.165, 1.54) is 6.92 Å². The predicted octanol–water partition coefficient (Wildman–Crippen LogP) is -1.83. The molecule has 6 heteroatoms. The molecule has 0 radical (unpaired) electrons. The number of hydrogen-bond acceptors (Lipinski definition) is 4. The van der Waals surface area contributed by atoms with Crippen LogP contribution in [-0.4, -0.2) is 65.2 Å². The minimum Gasteiger partial charge on any atom is -0.548 e. The van der Waals surface area contributed by atoms with E-state index in [1.54, 1.807) is 0 Å². The van der Waals surface area contributed by atoms with Gasteiger partial charge < -0.3 is 40.1 Å². The summed E-state index contributed by atoms with van der Waals surface area (Å²) in [5.74, 6) is -1.21. The zero-order chi connectivity index (χ0) is 7.44. The second-order valence-electron chi connectivity index (χ2n) is 1.47. The quantitative estimate of drug-likeness (QED) is 0.369. The second kappa shape index (κ2) is 6.84. The molecule has 0 bridgehead atoms. The maximum Gasteiger partial charge on any atom is 2.00 e. The van der Waals surface area contributed by atoms with Gasteiger partial charge in [-0.15, -0.1) is 0 Å². The molecular formula is C4H5BaNO2S2. The van der Waals surface area contributed by atoms with Gasteiger partial charge in [-0.05, 0) is 6.92 Å². The smallest absolute Gasteiger partial charge is 0.548 e. The van der Waals surface area contributed by atoms with Crippen LogP contribution in [0, 0.1) is 0 Å². The van der Waals surface area contributed by atoms with Crippen LogP contribution in [0.3, 0.4) is 0 Å². The summed E-state index contributed by atoms with van der Waals surface area (Å²) in [7, 11) is 0. The number of carboxylic acid groups (broad SMARTS) is 1. The molecule has 0 aliphatic carbocycles. The average molecular weight is 301 g/mol. The van der Waals surface area contributed by atoms with Crippen LogP contribution in [0.4, 0.5) is 0 Å². The predicted molar refractivity (Wildman–Crippen MR) is 43.3 cm³/mol. The van der Waals surface area contributed by atoms with Crippen molar-refractivity contribution < 1.29 is 9.90 Å². The van der Waals surface area contributed by atoms with Crippen molar-refractivity contribution in [3.05, 3.63) is 0 Å². The number of aliphatic carboxylic acids is 1. The maximum absolute atomic E-state index is 9.96. The maximum atomic E-state index is 9.96. The SMILES string of the molecule is CC(NC(=S)[S-])C(=O)[O-].[Ba+2]. The van der Waals surface area contributed by atoms with Crippen LogP contribution in [0.2, 0.25) is 0 Å². The summed E-state index contributed by atoms with van der Waals surface area (Å²) in [4.78, 5) is 9.96. The zero-order valence-electron chi connectivity index (χ0n) is 5.42. The standard InChI is InChI=1S/C4H7NO2S2.Ba/c1-2(3(6)7)5-4(8)9;/h2H,1H3,(H,6,7)(H2,5,8,9);/q;+2/p-2. The molecule has 0 saturated heterocycles. The monoisotopic (exact) mass is 301 g/mol. The Bertz CT molecular complexity index is 141. The van der Waals surface area contributed by atoms with Gasteiger partial charge in [0.15, 0.2) is 0 Å². The average Bonchev–Trinajstić information content (AvgIpc) is 1.63. The molecule has 0 aromatic heterocycles. The minimum atomic E-state index is -1.21. The van der Waals surface area contributed by atoms with Crippen molar-refractivity contribution in [1.82, 2.24) is 5.32 Å². The molecule has 0 amide bonds. The van der Waals surface area contributed by atoms with E-state index in [-0.39, 0.29) is 53.2 Å². The molecule has 1 unspecified atom stereocenters. The van der Waals surface area contributed by atoms with Crippen molar-refractivity contribution >= 4 is 84.0 Å². The Morgan fingerprint density at radius 3 is 2.30 bits per heavy atom. The molecule has 0 aromatic rings. The summed E-state index contributed by atoms with van der Waals surface area (Å²) in [6, 6.07) is -0.796. The minimum absolute atomic E-state index is 0. The molecule has 0 aliphatic heterocycles. The second-order valence-corrected chi connectivity index (χ2v) is 2.55. The van der Waals surface area contributed by atoms with Gasteiger partial charge in [-0.2, -0.15) is 0 Å². The van der Waals surface area contributed by atoms with E-state index in [1.807, 2.05) is 0 Å². The van der Waals surface area contributed by atoms with E-state index in [0.717, 1.165) is 0 Å². The number of carbonyl (C=O) groups is 1. The van der Waals surface area contributed by atoms with Crippen LogP contribution < -0.4 is 10.4 Å². The van der Waals surface area contributed by atoms with Crippen molar-refractivity contribution in [2.45, 2.75) is 13.0 Å². The van der Waals surface area contributed by atoms with Gasteiger partial charge in [-0.3, -0.25) is 0 Å². The summed E-state index contributed by atoms with van der Waals surface area (Å²) in [6.07, 6.45) is 0. The Hall–Kier alpha value is 1.15. The topological polar surface area (TPSA) is 52.2 Å². The fourth-order valence-electron chi connectivity index (χ4n) is 0.236. The van der Waals surface area contributed by atoms with Crippen molar-refractivity contribution in [1.29, 1.82) is 0 Å². The molecule has 0 aliphatic rings. The summed E-state index contributed by atoms with van der Waals surface area (Å²) in [5, 5.41) is 12.3. The third kappa shape index (κ3) is 7.26. The largest absolute Gasteiger partial charge is 2.00 e. The summed E-state index contributed by atoms with van der Waals surface area (Å²) >= 11 is 8.81. The first-order valence-corrected chi connectivity index (χ1v) is 3.04. The Balaban J connectivity index is 0. The zero-order valence-corrected chi connectivity index (χ0v) is 11.5. The van der Waals surface area contributed by atoms with Crippen LogP contribution in [0.25, 0.3) is 0 Å². The van der Waals surface area contributed by atoms with E-state index < -0.39 is 12.0 Å². The molecule has 0 fully saturated rings. The molecule has 1 N–H and O–H groups in total. The van der Waals surface area contributed by atoms with E-state index in [9.17, 15) is 9.90 Å². The Kier molecular flexibility index (Phi) is 9.38. The van der Waals surface area contributed by atoms with Gasteiger partial charge in [0.2, 0.25) is 0 Å². The summed E-state index contributed by atoms with van der Waals surface area (Å²) < 4.78 is 0.0479. The third-order valence-corrected chi connectivity index (χ3v) is 0.924. The molecular weight excluding hydrogens is 296 g/mol. The Morgan fingerprint density at radius 2 is 2.20 bits per heavy atom. The van der Waals surface area contributed by atoms with Gasteiger partial charge in [-0.1, -0.05) is 4.32 Å². The van der Waals surface area contributed by atoms with Crippen LogP contribution in [0.1, 0.15) is 6.92 Å². The first kappa shape index (κ1) is 13.7. The van der Waals surface area contributed by atoms with Crippen LogP contribution in [0.5, 0.6) is 0 Å². The fraction of sp³-hybridized carbons (Fsp3) is 0.500. The number of rotatable bonds is 2. The number of carboxylic acids is 1. The molecule has 10 heavy (non-hydrogen) atoms. The number of hydrogen-bond donors (Lipinski definition) is 1. The van der Waals surface area contributed by atoms with Gasteiger partial charge in [0.25, 0.3) is 0 Å². The van der Waals surface area contributed by atoms with Gasteiger partial charge >= 0.3 is 48.9 Å². The summed E-state index contributed by atoms with van der Waals surface area (Å²) in [6.45, 7) is 1.41. The third-order valence-electron chi connectivity index (χ3n) is 0.688. The molecule has 0 spiro atoms. The number of carbonyl (C=O) groups excluding carboxylic acids is 1. The molecule has 0 saturated carbocycles. The number of thiocarbonyl (C=S) groups is 1. The summed E-state index contributed by atoms with van der Waals surface area (Å²) in [5.41, 5.74) is 0. The van der Waals surface area contributed by atoms with Crippen molar-refractivity contribution in [2.24, 2.45) is 0 Å².